The molecule has 2 heterocycles. The van der Waals surface area contributed by atoms with Gasteiger partial charge in [0.2, 0.25) is 0 Å². The average Bonchev–Trinajstić information content (AvgIpc) is 3.14. The highest BCUT2D eigenvalue weighted by Crippen LogP contribution is 2.32. The van der Waals surface area contributed by atoms with Crippen molar-refractivity contribution in [1.82, 2.24) is 10.1 Å². The highest BCUT2D eigenvalue weighted by molar-refractivity contribution is 7.13. The first-order valence-electron chi connectivity index (χ1n) is 6.82. The lowest BCUT2D eigenvalue weighted by Crippen LogP contribution is -2.32. The molecule has 0 unspecified atom stereocenters. The molecule has 22 heavy (non-hydrogen) atoms. The van der Waals surface area contributed by atoms with Crippen LogP contribution < -0.4 is 0 Å². The number of aromatic nitrogens is 1. The zero-order chi connectivity index (χ0) is 16.1. The number of amides is 1. The summed E-state index contributed by atoms with van der Waals surface area (Å²) in [6.45, 7) is 9.61. The number of thiophene rings is 1. The SMILES string of the molecule is C=CCN(CC=C)C(=O)c1c(-c2cccs2)noc1[C@H](C)O. The van der Waals surface area contributed by atoms with Crippen LogP contribution in [0.1, 0.15) is 29.1 Å². The molecule has 6 heteroatoms. The van der Waals surface area contributed by atoms with Crippen LogP contribution in [-0.4, -0.2) is 34.2 Å². The normalized spacial score (nSPS) is 11.9. The van der Waals surface area contributed by atoms with Crippen LogP contribution in [0, 0.1) is 0 Å². The standard InChI is InChI=1S/C16H18N2O3S/c1-4-8-18(9-5-2)16(20)13-14(12-7-6-10-22-12)17-21-15(13)11(3)19/h4-7,10-11,19H,1-2,8-9H2,3H3/t11-/m0/s1. The van der Waals surface area contributed by atoms with Crippen molar-refractivity contribution < 1.29 is 14.4 Å². The average molecular weight is 318 g/mol. The van der Waals surface area contributed by atoms with Gasteiger partial charge in [0.15, 0.2) is 5.76 Å². The van der Waals surface area contributed by atoms with Crippen molar-refractivity contribution in [2.75, 3.05) is 13.1 Å². The van der Waals surface area contributed by atoms with Gasteiger partial charge in [-0.15, -0.1) is 24.5 Å². The molecule has 1 amide bonds. The van der Waals surface area contributed by atoms with Gasteiger partial charge in [-0.2, -0.15) is 0 Å². The van der Waals surface area contributed by atoms with E-state index in [1.807, 2.05) is 17.5 Å². The van der Waals surface area contributed by atoms with Crippen molar-refractivity contribution in [2.24, 2.45) is 0 Å². The van der Waals surface area contributed by atoms with Crippen molar-refractivity contribution in [3.63, 3.8) is 0 Å². The Balaban J connectivity index is 2.50. The molecule has 2 aromatic heterocycles. The van der Waals surface area contributed by atoms with Gasteiger partial charge in [-0.1, -0.05) is 23.4 Å². The summed E-state index contributed by atoms with van der Waals surface area (Å²) in [4.78, 5) is 15.2. The summed E-state index contributed by atoms with van der Waals surface area (Å²) in [5, 5.41) is 15.7. The maximum absolute atomic E-state index is 12.9. The Morgan fingerprint density at radius 1 is 1.50 bits per heavy atom. The van der Waals surface area contributed by atoms with Gasteiger partial charge in [0.1, 0.15) is 17.4 Å². The van der Waals surface area contributed by atoms with Crippen LogP contribution >= 0.6 is 11.3 Å². The van der Waals surface area contributed by atoms with E-state index in [4.69, 9.17) is 4.52 Å². The first kappa shape index (κ1) is 16.2. The molecule has 0 aromatic carbocycles. The van der Waals surface area contributed by atoms with Crippen LogP contribution in [0.15, 0.2) is 47.3 Å². The Labute approximate surface area is 133 Å². The maximum Gasteiger partial charge on any atom is 0.260 e. The molecule has 0 spiro atoms. The van der Waals surface area contributed by atoms with E-state index in [-0.39, 0.29) is 11.7 Å². The minimum absolute atomic E-state index is 0.173. The summed E-state index contributed by atoms with van der Waals surface area (Å²) in [6.07, 6.45) is 2.36. The van der Waals surface area contributed by atoms with E-state index in [1.165, 1.54) is 11.3 Å². The van der Waals surface area contributed by atoms with E-state index in [0.717, 1.165) is 4.88 Å². The van der Waals surface area contributed by atoms with Gasteiger partial charge < -0.3 is 14.5 Å². The zero-order valence-corrected chi connectivity index (χ0v) is 13.2. The predicted molar refractivity (Wildman–Crippen MR) is 86.7 cm³/mol. The van der Waals surface area contributed by atoms with Gasteiger partial charge in [-0.3, -0.25) is 4.79 Å². The Bertz CT molecular complexity index is 649. The number of carbonyl (C=O) groups is 1. The Morgan fingerprint density at radius 3 is 2.68 bits per heavy atom. The fourth-order valence-electron chi connectivity index (χ4n) is 2.09. The van der Waals surface area contributed by atoms with Crippen LogP contribution in [-0.2, 0) is 0 Å². The molecule has 2 rings (SSSR count). The molecule has 0 aliphatic carbocycles. The fourth-order valence-corrected chi connectivity index (χ4v) is 2.80. The number of aliphatic hydroxyl groups is 1. The Morgan fingerprint density at radius 2 is 2.18 bits per heavy atom. The molecule has 0 aliphatic rings. The van der Waals surface area contributed by atoms with E-state index in [2.05, 4.69) is 18.3 Å². The Hall–Kier alpha value is -2.18. The van der Waals surface area contributed by atoms with Crippen LogP contribution in [0.25, 0.3) is 10.6 Å². The molecule has 1 atom stereocenters. The smallest absolute Gasteiger partial charge is 0.260 e. The molecule has 5 nitrogen and oxygen atoms in total. The summed E-state index contributed by atoms with van der Waals surface area (Å²) in [7, 11) is 0. The number of hydrogen-bond acceptors (Lipinski definition) is 5. The molecule has 0 fully saturated rings. The molecule has 2 aromatic rings. The van der Waals surface area contributed by atoms with Crippen LogP contribution in [0.4, 0.5) is 0 Å². The summed E-state index contributed by atoms with van der Waals surface area (Å²) in [5.74, 6) is -0.0909. The van der Waals surface area contributed by atoms with Crippen LogP contribution in [0.2, 0.25) is 0 Å². The zero-order valence-electron chi connectivity index (χ0n) is 12.4. The number of rotatable bonds is 7. The highest BCUT2D eigenvalue weighted by atomic mass is 32.1. The van der Waals surface area contributed by atoms with Gasteiger partial charge in [-0.25, -0.2) is 0 Å². The topological polar surface area (TPSA) is 66.6 Å². The fraction of sp³-hybridized carbons (Fsp3) is 0.250. The van der Waals surface area contributed by atoms with Gasteiger partial charge >= 0.3 is 0 Å². The minimum Gasteiger partial charge on any atom is -0.385 e. The molecule has 0 bridgehead atoms. The first-order valence-corrected chi connectivity index (χ1v) is 7.70. The second-order valence-electron chi connectivity index (χ2n) is 4.71. The summed E-state index contributed by atoms with van der Waals surface area (Å²) < 4.78 is 5.22. The lowest BCUT2D eigenvalue weighted by atomic mass is 10.1. The van der Waals surface area contributed by atoms with Gasteiger partial charge in [0, 0.05) is 13.1 Å². The van der Waals surface area contributed by atoms with Gasteiger partial charge in [0.05, 0.1) is 4.88 Å². The predicted octanol–water partition coefficient (Wildman–Crippen LogP) is 3.27. The van der Waals surface area contributed by atoms with Crippen molar-refractivity contribution in [2.45, 2.75) is 13.0 Å². The summed E-state index contributed by atoms with van der Waals surface area (Å²) >= 11 is 1.46. The quantitative estimate of drug-likeness (QED) is 0.796. The van der Waals surface area contributed by atoms with E-state index < -0.39 is 6.10 Å². The number of carbonyl (C=O) groups excluding carboxylic acids is 1. The van der Waals surface area contributed by atoms with E-state index in [9.17, 15) is 9.90 Å². The highest BCUT2D eigenvalue weighted by Gasteiger charge is 2.29. The monoisotopic (exact) mass is 318 g/mol. The first-order chi connectivity index (χ1) is 10.6. The van der Waals surface area contributed by atoms with Crippen molar-refractivity contribution in [3.8, 4) is 10.6 Å². The van der Waals surface area contributed by atoms with E-state index in [1.54, 1.807) is 24.0 Å². The number of hydrogen-bond donors (Lipinski definition) is 1. The minimum atomic E-state index is -0.922. The third kappa shape index (κ3) is 3.18. The second kappa shape index (κ2) is 7.20. The molecular formula is C16H18N2O3S. The van der Waals surface area contributed by atoms with E-state index in [0.29, 0.717) is 24.3 Å². The van der Waals surface area contributed by atoms with Crippen molar-refractivity contribution >= 4 is 17.2 Å². The van der Waals surface area contributed by atoms with Crippen molar-refractivity contribution in [3.05, 3.63) is 54.1 Å². The molecule has 0 aliphatic heterocycles. The molecule has 0 saturated heterocycles. The summed E-state index contributed by atoms with van der Waals surface area (Å²) in [5.41, 5.74) is 0.746. The maximum atomic E-state index is 12.9. The van der Waals surface area contributed by atoms with Crippen LogP contribution in [0.3, 0.4) is 0 Å². The molecule has 0 saturated carbocycles. The summed E-state index contributed by atoms with van der Waals surface area (Å²) in [6, 6.07) is 3.73. The Kier molecular flexibility index (Phi) is 5.30. The number of aliphatic hydroxyl groups excluding tert-OH is 1. The molecule has 0 radical (unpaired) electrons. The van der Waals surface area contributed by atoms with E-state index >= 15 is 0 Å². The lowest BCUT2D eigenvalue weighted by molar-refractivity contribution is 0.0779. The number of nitrogens with zero attached hydrogens (tertiary/aromatic N) is 2. The third-order valence-electron chi connectivity index (χ3n) is 3.05. The second-order valence-corrected chi connectivity index (χ2v) is 5.66. The lowest BCUT2D eigenvalue weighted by Gasteiger charge is -2.19. The molecular weight excluding hydrogens is 300 g/mol. The third-order valence-corrected chi connectivity index (χ3v) is 3.93. The van der Waals surface area contributed by atoms with Gasteiger partial charge in [-0.05, 0) is 18.4 Å². The van der Waals surface area contributed by atoms with Gasteiger partial charge in [0.25, 0.3) is 5.91 Å². The van der Waals surface area contributed by atoms with Crippen molar-refractivity contribution in [1.29, 1.82) is 0 Å². The largest absolute Gasteiger partial charge is 0.385 e. The molecule has 1 N–H and O–H groups in total. The molecule has 116 valence electrons. The van der Waals surface area contributed by atoms with Crippen LogP contribution in [0.5, 0.6) is 0 Å².